The Hall–Kier alpha value is -2.70. The van der Waals surface area contributed by atoms with Crippen molar-refractivity contribution in [2.24, 2.45) is 4.99 Å². The number of allylic oxidation sites excluding steroid dienone is 1. The minimum Gasteiger partial charge on any atom is -0.351 e. The number of nitrogens with one attached hydrogen (secondary N) is 1. The summed E-state index contributed by atoms with van der Waals surface area (Å²) in [6, 6.07) is 2.71. The number of aliphatic imine (C=N–C) groups is 1. The predicted molar refractivity (Wildman–Crippen MR) is 104 cm³/mol. The first-order chi connectivity index (χ1) is 13.2. The molecule has 1 N–H and O–H groups in total. The smallest absolute Gasteiger partial charge is 0.256 e. The molecule has 1 unspecified atom stereocenters. The van der Waals surface area contributed by atoms with Gasteiger partial charge in [0.05, 0.1) is 18.3 Å². The van der Waals surface area contributed by atoms with E-state index in [0.29, 0.717) is 17.3 Å². The van der Waals surface area contributed by atoms with Gasteiger partial charge in [-0.15, -0.1) is 0 Å². The SMILES string of the molecule is C[C@H]1CCC2=NC(CC=C2)[C@H]2CCCN2c2ccn3ncc(c3n2)C(=O)N1. The summed E-state index contributed by atoms with van der Waals surface area (Å²) >= 11 is 0. The summed E-state index contributed by atoms with van der Waals surface area (Å²) in [5, 5.41) is 7.39. The average Bonchev–Trinajstić information content (AvgIpc) is 3.32. The van der Waals surface area contributed by atoms with Crippen LogP contribution in [0.1, 0.15) is 49.4 Å². The number of amides is 1. The van der Waals surface area contributed by atoms with Crippen LogP contribution in [0.3, 0.4) is 0 Å². The van der Waals surface area contributed by atoms with E-state index in [1.165, 1.54) is 0 Å². The van der Waals surface area contributed by atoms with Crippen LogP contribution in [0.25, 0.3) is 5.65 Å². The fourth-order valence-electron chi connectivity index (χ4n) is 4.44. The highest BCUT2D eigenvalue weighted by atomic mass is 16.1. The van der Waals surface area contributed by atoms with Crippen LogP contribution in [0.5, 0.6) is 0 Å². The molecule has 2 aromatic rings. The molecule has 0 aliphatic carbocycles. The van der Waals surface area contributed by atoms with Gasteiger partial charge in [-0.3, -0.25) is 9.79 Å². The van der Waals surface area contributed by atoms with E-state index in [9.17, 15) is 4.79 Å². The standard InChI is InChI=1S/C20H24N6O/c1-13-7-8-14-4-2-5-16(23-14)17-6-3-10-25(17)18-9-11-26-19(24-18)15(12-21-26)20(27)22-13/h2,4,9,11-13,16-17H,3,5-8,10H2,1H3,(H,22,27)/t13-,16?,17+/m0/s1. The van der Waals surface area contributed by atoms with Crippen molar-refractivity contribution in [3.63, 3.8) is 0 Å². The number of hydrogen-bond acceptors (Lipinski definition) is 5. The maximum absolute atomic E-state index is 12.8. The Kier molecular flexibility index (Phi) is 3.95. The van der Waals surface area contributed by atoms with Gasteiger partial charge in [0.2, 0.25) is 0 Å². The highest BCUT2D eigenvalue weighted by molar-refractivity contribution is 6.00. The molecule has 7 heteroatoms. The third-order valence-electron chi connectivity index (χ3n) is 5.87. The Morgan fingerprint density at radius 3 is 3.15 bits per heavy atom. The normalized spacial score (nSPS) is 28.0. The molecule has 3 aliphatic heterocycles. The van der Waals surface area contributed by atoms with Crippen LogP contribution in [0.15, 0.2) is 35.6 Å². The molecular weight excluding hydrogens is 340 g/mol. The van der Waals surface area contributed by atoms with Gasteiger partial charge in [-0.2, -0.15) is 5.10 Å². The predicted octanol–water partition coefficient (Wildman–Crippen LogP) is 2.38. The third kappa shape index (κ3) is 2.91. The van der Waals surface area contributed by atoms with Crippen molar-refractivity contribution >= 4 is 23.1 Å². The Bertz CT molecular complexity index is 945. The molecule has 0 spiro atoms. The van der Waals surface area contributed by atoms with Crippen LogP contribution in [-0.2, 0) is 0 Å². The molecule has 5 rings (SSSR count). The van der Waals surface area contributed by atoms with Crippen molar-refractivity contribution in [3.8, 4) is 0 Å². The van der Waals surface area contributed by atoms with Gasteiger partial charge >= 0.3 is 0 Å². The minimum atomic E-state index is -0.115. The second-order valence-electron chi connectivity index (χ2n) is 7.75. The van der Waals surface area contributed by atoms with Gasteiger partial charge in [0, 0.05) is 24.5 Å². The third-order valence-corrected chi connectivity index (χ3v) is 5.87. The Labute approximate surface area is 158 Å². The van der Waals surface area contributed by atoms with E-state index in [-0.39, 0.29) is 18.0 Å². The Morgan fingerprint density at radius 1 is 1.30 bits per heavy atom. The van der Waals surface area contributed by atoms with Crippen molar-refractivity contribution in [1.29, 1.82) is 0 Å². The molecule has 5 heterocycles. The summed E-state index contributed by atoms with van der Waals surface area (Å²) in [6.07, 6.45) is 12.9. The van der Waals surface area contributed by atoms with Crippen molar-refractivity contribution in [3.05, 3.63) is 36.2 Å². The molecule has 3 aliphatic rings. The van der Waals surface area contributed by atoms with Crippen molar-refractivity contribution in [1.82, 2.24) is 19.9 Å². The maximum atomic E-state index is 12.8. The topological polar surface area (TPSA) is 74.9 Å². The van der Waals surface area contributed by atoms with E-state index in [1.807, 2.05) is 19.2 Å². The number of hydrogen-bond donors (Lipinski definition) is 1. The number of dihydropyridines is 1. The van der Waals surface area contributed by atoms with Crippen molar-refractivity contribution < 1.29 is 4.79 Å². The number of carbonyl (C=O) groups excluding carboxylic acids is 1. The molecule has 1 amide bonds. The van der Waals surface area contributed by atoms with Gasteiger partial charge in [0.15, 0.2) is 5.65 Å². The fourth-order valence-corrected chi connectivity index (χ4v) is 4.44. The lowest BCUT2D eigenvalue weighted by molar-refractivity contribution is 0.0940. The van der Waals surface area contributed by atoms with Crippen molar-refractivity contribution in [2.75, 3.05) is 11.4 Å². The Balaban J connectivity index is 1.61. The molecule has 3 atom stereocenters. The van der Waals surface area contributed by atoms with Crippen LogP contribution < -0.4 is 10.2 Å². The first-order valence-electron chi connectivity index (χ1n) is 9.84. The number of carbonyl (C=O) groups is 1. The zero-order chi connectivity index (χ0) is 18.4. The van der Waals surface area contributed by atoms with Gasteiger partial charge in [0.1, 0.15) is 11.4 Å². The lowest BCUT2D eigenvalue weighted by Crippen LogP contribution is -2.40. The molecule has 4 bridgehead atoms. The second kappa shape index (κ2) is 6.48. The molecule has 0 radical (unpaired) electrons. The van der Waals surface area contributed by atoms with Gasteiger partial charge in [-0.25, -0.2) is 9.50 Å². The fraction of sp³-hybridized carbons (Fsp3) is 0.500. The summed E-state index contributed by atoms with van der Waals surface area (Å²) in [5.41, 5.74) is 2.30. The maximum Gasteiger partial charge on any atom is 0.256 e. The molecule has 0 saturated carbocycles. The van der Waals surface area contributed by atoms with Gasteiger partial charge in [-0.1, -0.05) is 6.08 Å². The first-order valence-corrected chi connectivity index (χ1v) is 9.84. The van der Waals surface area contributed by atoms with E-state index in [0.717, 1.165) is 50.2 Å². The van der Waals surface area contributed by atoms with Gasteiger partial charge in [0.25, 0.3) is 5.91 Å². The second-order valence-corrected chi connectivity index (χ2v) is 7.75. The monoisotopic (exact) mass is 364 g/mol. The zero-order valence-corrected chi connectivity index (χ0v) is 15.5. The molecule has 140 valence electrons. The van der Waals surface area contributed by atoms with E-state index >= 15 is 0 Å². The van der Waals surface area contributed by atoms with Crippen LogP contribution in [0, 0.1) is 0 Å². The van der Waals surface area contributed by atoms with Crippen LogP contribution in [-0.4, -0.2) is 50.9 Å². The number of nitrogens with zero attached hydrogens (tertiary/aromatic N) is 5. The molecule has 1 fully saturated rings. The van der Waals surface area contributed by atoms with Crippen molar-refractivity contribution in [2.45, 2.75) is 57.2 Å². The highest BCUT2D eigenvalue weighted by Crippen LogP contribution is 2.30. The minimum absolute atomic E-state index is 0.0676. The largest absolute Gasteiger partial charge is 0.351 e. The summed E-state index contributed by atoms with van der Waals surface area (Å²) in [6.45, 7) is 3.02. The first kappa shape index (κ1) is 16.5. The summed E-state index contributed by atoms with van der Waals surface area (Å²) in [5.74, 6) is 0.798. The van der Waals surface area contributed by atoms with E-state index < -0.39 is 0 Å². The van der Waals surface area contributed by atoms with E-state index in [2.05, 4.69) is 27.5 Å². The molecular formula is C20H24N6O. The lowest BCUT2D eigenvalue weighted by atomic mass is 9.98. The molecule has 7 nitrogen and oxygen atoms in total. The molecule has 0 aromatic carbocycles. The van der Waals surface area contributed by atoms with Gasteiger partial charge < -0.3 is 10.2 Å². The average molecular weight is 364 g/mol. The van der Waals surface area contributed by atoms with E-state index in [1.54, 1.807) is 10.7 Å². The quantitative estimate of drug-likeness (QED) is 0.779. The van der Waals surface area contributed by atoms with Crippen LogP contribution >= 0.6 is 0 Å². The molecule has 2 aromatic heterocycles. The van der Waals surface area contributed by atoms with Crippen LogP contribution in [0.2, 0.25) is 0 Å². The van der Waals surface area contributed by atoms with E-state index in [4.69, 9.17) is 9.98 Å². The molecule has 1 saturated heterocycles. The summed E-state index contributed by atoms with van der Waals surface area (Å²) in [4.78, 5) is 25.0. The zero-order valence-electron chi connectivity index (χ0n) is 15.5. The number of anilines is 1. The number of fused-ring (bicyclic) bond motifs is 5. The Morgan fingerprint density at radius 2 is 2.22 bits per heavy atom. The highest BCUT2D eigenvalue weighted by Gasteiger charge is 2.33. The molecule has 27 heavy (non-hydrogen) atoms. The van der Waals surface area contributed by atoms with Gasteiger partial charge in [-0.05, 0) is 51.2 Å². The van der Waals surface area contributed by atoms with Crippen LogP contribution in [0.4, 0.5) is 5.82 Å². The number of rotatable bonds is 0. The summed E-state index contributed by atoms with van der Waals surface area (Å²) < 4.78 is 1.68. The lowest BCUT2D eigenvalue weighted by Gasteiger charge is -2.31. The number of aromatic nitrogens is 3. The summed E-state index contributed by atoms with van der Waals surface area (Å²) in [7, 11) is 0.